The van der Waals surface area contributed by atoms with Crippen LogP contribution in [0, 0.1) is 17.8 Å². The maximum absolute atomic E-state index is 12.2. The van der Waals surface area contributed by atoms with E-state index in [0.717, 1.165) is 24.8 Å². The van der Waals surface area contributed by atoms with E-state index in [2.05, 4.69) is 38.0 Å². The minimum absolute atomic E-state index is 0.119. The maximum atomic E-state index is 12.2. The van der Waals surface area contributed by atoms with Gasteiger partial charge in [-0.05, 0) is 31.6 Å². The Labute approximate surface area is 192 Å². The molecule has 6 atom stereocenters. The number of ether oxygens (including phenoxy) is 4. The van der Waals surface area contributed by atoms with E-state index in [4.69, 9.17) is 18.9 Å². The van der Waals surface area contributed by atoms with Gasteiger partial charge in [-0.25, -0.2) is 4.79 Å². The Hall–Kier alpha value is -2.17. The average Bonchev–Trinajstić information content (AvgIpc) is 2.75. The zero-order chi connectivity index (χ0) is 23.3. The number of aliphatic hydroxyl groups excluding tert-OH is 1. The summed E-state index contributed by atoms with van der Waals surface area (Å²) in [7, 11) is 1.57. The smallest absolute Gasteiger partial charge is 0.384 e. The van der Waals surface area contributed by atoms with Gasteiger partial charge in [-0.15, -0.1) is 6.58 Å². The number of carbonyl (C=O) groups excluding carboxylic acids is 1. The van der Waals surface area contributed by atoms with Gasteiger partial charge in [-0.2, -0.15) is 0 Å². The highest BCUT2D eigenvalue weighted by atomic mass is 16.7. The zero-order valence-corrected chi connectivity index (χ0v) is 19.2. The fraction of sp³-hybridized carbons (Fsp3) is 0.577. The molecule has 0 saturated heterocycles. The van der Waals surface area contributed by atoms with Gasteiger partial charge >= 0.3 is 5.97 Å². The molecule has 0 aliphatic carbocycles. The molecule has 6 nitrogen and oxygen atoms in total. The SMILES string of the molecule is C=C[C@H](O)[C@@H]1C/C=C/[C@@H](OCOC)CC(=C)C[C@H](C)C[C@@H]2CC=C[C@@H](CC#CC(=O)O1)O2. The highest BCUT2D eigenvalue weighted by molar-refractivity contribution is 5.88. The quantitative estimate of drug-likeness (QED) is 0.228. The van der Waals surface area contributed by atoms with E-state index >= 15 is 0 Å². The molecule has 0 aromatic heterocycles. The van der Waals surface area contributed by atoms with Gasteiger partial charge in [0.2, 0.25) is 0 Å². The lowest BCUT2D eigenvalue weighted by molar-refractivity contribution is -0.145. The highest BCUT2D eigenvalue weighted by Crippen LogP contribution is 2.26. The van der Waals surface area contributed by atoms with Crippen molar-refractivity contribution in [3.8, 4) is 11.8 Å². The predicted octanol–water partition coefficient (Wildman–Crippen LogP) is 3.86. The Balaban J connectivity index is 2.19. The van der Waals surface area contributed by atoms with Gasteiger partial charge in [0.1, 0.15) is 19.0 Å². The number of cyclic esters (lactones) is 1. The van der Waals surface area contributed by atoms with E-state index in [1.54, 1.807) is 7.11 Å². The number of methoxy groups -OCH3 is 1. The first-order valence-electron chi connectivity index (χ1n) is 11.2. The Morgan fingerprint density at radius 1 is 1.31 bits per heavy atom. The molecule has 32 heavy (non-hydrogen) atoms. The summed E-state index contributed by atoms with van der Waals surface area (Å²) >= 11 is 0. The van der Waals surface area contributed by atoms with Crippen molar-refractivity contribution in [2.45, 2.75) is 76.0 Å². The molecule has 0 aromatic carbocycles. The lowest BCUT2D eigenvalue weighted by Gasteiger charge is -2.28. The lowest BCUT2D eigenvalue weighted by atomic mass is 9.91. The van der Waals surface area contributed by atoms with Crippen molar-refractivity contribution in [3.05, 3.63) is 49.1 Å². The summed E-state index contributed by atoms with van der Waals surface area (Å²) in [4.78, 5) is 12.2. The predicted molar refractivity (Wildman–Crippen MR) is 124 cm³/mol. The fourth-order valence-corrected chi connectivity index (χ4v) is 3.89. The van der Waals surface area contributed by atoms with Crippen LogP contribution in [-0.2, 0) is 23.7 Å². The van der Waals surface area contributed by atoms with Crippen molar-refractivity contribution in [1.82, 2.24) is 0 Å². The van der Waals surface area contributed by atoms with Crippen LogP contribution in [0.5, 0.6) is 0 Å². The second-order valence-corrected chi connectivity index (χ2v) is 8.41. The summed E-state index contributed by atoms with van der Waals surface area (Å²) in [6, 6.07) is 0. The van der Waals surface area contributed by atoms with Gasteiger partial charge in [-0.1, -0.05) is 55.4 Å². The lowest BCUT2D eigenvalue weighted by Crippen LogP contribution is -2.29. The van der Waals surface area contributed by atoms with Gasteiger partial charge in [0.05, 0.1) is 18.3 Å². The molecule has 2 bridgehead atoms. The summed E-state index contributed by atoms with van der Waals surface area (Å²) in [5, 5.41) is 10.2. The number of fused-ring (bicyclic) bond motifs is 2. The third-order valence-corrected chi connectivity index (χ3v) is 5.40. The minimum Gasteiger partial charge on any atom is -0.449 e. The molecule has 0 aromatic rings. The van der Waals surface area contributed by atoms with Crippen molar-refractivity contribution in [3.63, 3.8) is 0 Å². The van der Waals surface area contributed by atoms with Crippen molar-refractivity contribution < 1.29 is 28.8 Å². The molecular weight excluding hydrogens is 408 g/mol. The minimum atomic E-state index is -1.00. The first-order valence-corrected chi connectivity index (χ1v) is 11.2. The standard InChI is InChI=1S/C26H36O6/c1-5-24(27)25-13-7-11-22(30-18-29-4)16-19(2)15-20(3)17-23-12-6-9-21(31-23)10-8-14-26(28)32-25/h5-7,9,11,20-25,27H,1-2,10,12-13,15-18H2,3-4H3/b11-7+/t20-,21-,22+,23-,24-,25-/m0/s1. The van der Waals surface area contributed by atoms with Crippen LogP contribution in [0.2, 0.25) is 0 Å². The molecule has 0 saturated carbocycles. The van der Waals surface area contributed by atoms with Crippen LogP contribution in [0.1, 0.15) is 45.4 Å². The van der Waals surface area contributed by atoms with Crippen LogP contribution in [0.3, 0.4) is 0 Å². The number of hydrogen-bond acceptors (Lipinski definition) is 6. The summed E-state index contributed by atoms with van der Waals surface area (Å²) < 4.78 is 22.4. The summed E-state index contributed by atoms with van der Waals surface area (Å²) in [5.74, 6) is 5.08. The van der Waals surface area contributed by atoms with Crippen molar-refractivity contribution in [2.75, 3.05) is 13.9 Å². The van der Waals surface area contributed by atoms with Gasteiger partial charge in [0, 0.05) is 25.9 Å². The number of hydrogen-bond donors (Lipinski definition) is 1. The molecule has 0 radical (unpaired) electrons. The van der Waals surface area contributed by atoms with Crippen LogP contribution >= 0.6 is 0 Å². The normalized spacial score (nSPS) is 31.9. The number of aliphatic hydroxyl groups is 1. The number of rotatable bonds is 5. The van der Waals surface area contributed by atoms with E-state index in [-0.39, 0.29) is 25.1 Å². The fourth-order valence-electron chi connectivity index (χ4n) is 3.89. The average molecular weight is 445 g/mol. The van der Waals surface area contributed by atoms with E-state index in [0.29, 0.717) is 25.2 Å². The molecule has 6 heteroatoms. The van der Waals surface area contributed by atoms with Crippen molar-refractivity contribution in [1.29, 1.82) is 0 Å². The van der Waals surface area contributed by atoms with Gasteiger partial charge in [0.15, 0.2) is 0 Å². The van der Waals surface area contributed by atoms with Crippen LogP contribution in [0.25, 0.3) is 0 Å². The van der Waals surface area contributed by atoms with Gasteiger partial charge < -0.3 is 24.1 Å². The molecule has 2 aliphatic rings. The molecule has 1 N–H and O–H groups in total. The Kier molecular flexibility index (Phi) is 11.5. The van der Waals surface area contributed by atoms with E-state index in [1.807, 2.05) is 18.2 Å². The maximum Gasteiger partial charge on any atom is 0.384 e. The number of carbonyl (C=O) groups is 1. The second-order valence-electron chi connectivity index (χ2n) is 8.41. The molecule has 0 fully saturated rings. The van der Waals surface area contributed by atoms with Crippen LogP contribution in [0.15, 0.2) is 49.1 Å². The molecule has 0 amide bonds. The molecule has 2 rings (SSSR count). The Bertz CT molecular complexity index is 743. The molecular formula is C26H36O6. The van der Waals surface area contributed by atoms with E-state index < -0.39 is 18.2 Å². The van der Waals surface area contributed by atoms with E-state index in [9.17, 15) is 9.90 Å². The van der Waals surface area contributed by atoms with Crippen molar-refractivity contribution in [2.24, 2.45) is 5.92 Å². The second kappa shape index (κ2) is 14.1. The van der Waals surface area contributed by atoms with Crippen LogP contribution in [-0.4, -0.2) is 55.5 Å². The summed E-state index contributed by atoms with van der Waals surface area (Å²) in [6.45, 7) is 10.2. The van der Waals surface area contributed by atoms with Gasteiger partial charge in [0.25, 0.3) is 0 Å². The third kappa shape index (κ3) is 9.54. The first kappa shape index (κ1) is 26.1. The van der Waals surface area contributed by atoms with Crippen LogP contribution in [0.4, 0.5) is 0 Å². The summed E-state index contributed by atoms with van der Waals surface area (Å²) in [6.07, 6.45) is 11.2. The monoisotopic (exact) mass is 444 g/mol. The number of esters is 1. The topological polar surface area (TPSA) is 74.2 Å². The highest BCUT2D eigenvalue weighted by Gasteiger charge is 2.22. The van der Waals surface area contributed by atoms with Gasteiger partial charge in [-0.3, -0.25) is 0 Å². The van der Waals surface area contributed by atoms with Crippen molar-refractivity contribution >= 4 is 5.97 Å². The Morgan fingerprint density at radius 3 is 2.84 bits per heavy atom. The van der Waals surface area contributed by atoms with Crippen LogP contribution < -0.4 is 0 Å². The molecule has 0 unspecified atom stereocenters. The van der Waals surface area contributed by atoms with E-state index in [1.165, 1.54) is 6.08 Å². The largest absolute Gasteiger partial charge is 0.449 e. The molecule has 2 aliphatic heterocycles. The Morgan fingerprint density at radius 2 is 2.09 bits per heavy atom. The molecule has 2 heterocycles. The zero-order valence-electron chi connectivity index (χ0n) is 19.2. The first-order chi connectivity index (χ1) is 15.4. The molecule has 176 valence electrons. The summed E-state index contributed by atoms with van der Waals surface area (Å²) in [5.41, 5.74) is 1.09. The third-order valence-electron chi connectivity index (χ3n) is 5.40. The molecule has 0 spiro atoms.